The Morgan fingerprint density at radius 3 is 1.35 bits per heavy atom. The molecule has 0 fully saturated rings. The van der Waals surface area contributed by atoms with Gasteiger partial charge >= 0.3 is 11.9 Å². The van der Waals surface area contributed by atoms with E-state index < -0.39 is 34.9 Å². The average molecular weight is 366 g/mol. The third kappa shape index (κ3) is 5.53. The van der Waals surface area contributed by atoms with E-state index in [2.05, 4.69) is 21.3 Å². The zero-order valence-electron chi connectivity index (χ0n) is 14.5. The number of benzene rings is 1. The van der Waals surface area contributed by atoms with Crippen LogP contribution in [0, 0.1) is 0 Å². The zero-order chi connectivity index (χ0) is 19.7. The molecule has 0 radical (unpaired) electrons. The summed E-state index contributed by atoms with van der Waals surface area (Å²) in [4.78, 5) is 47.4. The van der Waals surface area contributed by atoms with E-state index in [9.17, 15) is 29.4 Å². The Kier molecular flexibility index (Phi) is 8.19. The minimum Gasteiger partial charge on any atom is -0.478 e. The van der Waals surface area contributed by atoms with Gasteiger partial charge in [-0.2, -0.15) is 0 Å². The molecule has 0 aliphatic rings. The van der Waals surface area contributed by atoms with Crippen LogP contribution >= 0.6 is 0 Å². The highest BCUT2D eigenvalue weighted by molar-refractivity contribution is 6.11. The monoisotopic (exact) mass is 366 g/mol. The van der Waals surface area contributed by atoms with E-state index in [-0.39, 0.29) is 24.2 Å². The molecule has 0 bridgehead atoms. The molecule has 1 aromatic carbocycles. The van der Waals surface area contributed by atoms with Crippen LogP contribution in [-0.2, 0) is 0 Å². The van der Waals surface area contributed by atoms with Gasteiger partial charge in [-0.15, -0.1) is 0 Å². The highest BCUT2D eigenvalue weighted by atomic mass is 16.4. The molecule has 1 rings (SSSR count). The lowest BCUT2D eigenvalue weighted by atomic mass is 9.97. The lowest BCUT2D eigenvalue weighted by Crippen LogP contribution is -2.34. The number of carbonyl (C=O) groups excluding carboxylic acids is 2. The van der Waals surface area contributed by atoms with E-state index in [0.29, 0.717) is 13.1 Å². The van der Waals surface area contributed by atoms with Crippen molar-refractivity contribution in [1.82, 2.24) is 21.3 Å². The number of hydrogen-bond donors (Lipinski definition) is 6. The van der Waals surface area contributed by atoms with Gasteiger partial charge in [0.05, 0.1) is 22.3 Å². The predicted octanol–water partition coefficient (Wildman–Crippen LogP) is -1.02. The molecule has 142 valence electrons. The smallest absolute Gasteiger partial charge is 0.336 e. The molecule has 6 N–H and O–H groups in total. The summed E-state index contributed by atoms with van der Waals surface area (Å²) in [5.41, 5.74) is -1.54. The Morgan fingerprint density at radius 2 is 1.04 bits per heavy atom. The van der Waals surface area contributed by atoms with E-state index in [4.69, 9.17) is 0 Å². The number of rotatable bonds is 10. The van der Waals surface area contributed by atoms with Crippen LogP contribution in [0.4, 0.5) is 0 Å². The molecule has 0 saturated heterocycles. The second-order valence-electron chi connectivity index (χ2n) is 5.27. The summed E-state index contributed by atoms with van der Waals surface area (Å²) in [5.74, 6) is -4.35. The summed E-state index contributed by atoms with van der Waals surface area (Å²) in [5, 5.41) is 29.2. The quantitative estimate of drug-likeness (QED) is 0.287. The third-order valence-electron chi connectivity index (χ3n) is 3.43. The molecular weight excluding hydrogens is 344 g/mol. The van der Waals surface area contributed by atoms with Crippen LogP contribution in [0.25, 0.3) is 0 Å². The van der Waals surface area contributed by atoms with Crippen LogP contribution in [0.15, 0.2) is 12.1 Å². The highest BCUT2D eigenvalue weighted by Gasteiger charge is 2.25. The van der Waals surface area contributed by atoms with Gasteiger partial charge in [-0.05, 0) is 26.2 Å². The Labute approximate surface area is 150 Å². The summed E-state index contributed by atoms with van der Waals surface area (Å²) in [6.45, 7) is 1.38. The van der Waals surface area contributed by atoms with Gasteiger partial charge in [0.15, 0.2) is 0 Å². The summed E-state index contributed by atoms with van der Waals surface area (Å²) in [7, 11) is 3.37. The molecule has 0 aromatic heterocycles. The van der Waals surface area contributed by atoms with Gasteiger partial charge in [-0.3, -0.25) is 9.59 Å². The number of aromatic carboxylic acids is 2. The fourth-order valence-corrected chi connectivity index (χ4v) is 2.12. The van der Waals surface area contributed by atoms with Gasteiger partial charge in [-0.25, -0.2) is 9.59 Å². The molecule has 10 nitrogen and oxygen atoms in total. The number of carboxylic acid groups (broad SMARTS) is 2. The Morgan fingerprint density at radius 1 is 0.692 bits per heavy atom. The van der Waals surface area contributed by atoms with Crippen molar-refractivity contribution in [3.63, 3.8) is 0 Å². The molecule has 26 heavy (non-hydrogen) atoms. The predicted molar refractivity (Wildman–Crippen MR) is 92.9 cm³/mol. The first-order valence-electron chi connectivity index (χ1n) is 7.83. The van der Waals surface area contributed by atoms with Crippen molar-refractivity contribution in [3.8, 4) is 0 Å². The molecule has 0 aliphatic carbocycles. The van der Waals surface area contributed by atoms with Crippen molar-refractivity contribution < 1.29 is 29.4 Å². The van der Waals surface area contributed by atoms with Gasteiger partial charge in [0, 0.05) is 26.2 Å². The summed E-state index contributed by atoms with van der Waals surface area (Å²) in [6, 6.07) is 1.82. The largest absolute Gasteiger partial charge is 0.478 e. The summed E-state index contributed by atoms with van der Waals surface area (Å²) < 4.78 is 0. The fourth-order valence-electron chi connectivity index (χ4n) is 2.12. The normalized spacial score (nSPS) is 10.2. The van der Waals surface area contributed by atoms with Crippen molar-refractivity contribution in [1.29, 1.82) is 0 Å². The topological polar surface area (TPSA) is 157 Å². The zero-order valence-corrected chi connectivity index (χ0v) is 14.5. The molecule has 0 atom stereocenters. The average Bonchev–Trinajstić information content (AvgIpc) is 2.60. The van der Waals surface area contributed by atoms with Gasteiger partial charge in [-0.1, -0.05) is 0 Å². The van der Waals surface area contributed by atoms with Crippen LogP contribution in [-0.4, -0.2) is 74.2 Å². The number of carboxylic acids is 2. The SMILES string of the molecule is CNCCNC(=O)c1cc(C(=O)NCCNC)c(C(=O)O)cc1C(=O)O. The third-order valence-corrected chi connectivity index (χ3v) is 3.43. The van der Waals surface area contributed by atoms with Crippen molar-refractivity contribution >= 4 is 23.8 Å². The summed E-state index contributed by atoms with van der Waals surface area (Å²) >= 11 is 0. The van der Waals surface area contributed by atoms with Crippen LogP contribution in [0.3, 0.4) is 0 Å². The van der Waals surface area contributed by atoms with Gasteiger partial charge < -0.3 is 31.5 Å². The minimum atomic E-state index is -1.46. The standard InChI is InChI=1S/C16H22N4O6/c1-17-3-5-19-13(21)9-7-10(14(22)20-6-4-18-2)12(16(25)26)8-11(9)15(23)24/h7-8,17-18H,3-6H2,1-2H3,(H,19,21)(H,20,22)(H,23,24)(H,25,26). The molecule has 2 amide bonds. The van der Waals surface area contributed by atoms with E-state index in [1.807, 2.05) is 0 Å². The Balaban J connectivity index is 3.32. The fraction of sp³-hybridized carbons (Fsp3) is 0.375. The van der Waals surface area contributed by atoms with Crippen molar-refractivity contribution in [2.75, 3.05) is 40.3 Å². The summed E-state index contributed by atoms with van der Waals surface area (Å²) in [6.07, 6.45) is 0. The molecule has 0 aliphatic heterocycles. The number of amides is 2. The molecule has 0 saturated carbocycles. The van der Waals surface area contributed by atoms with E-state index >= 15 is 0 Å². The molecular formula is C16H22N4O6. The first-order chi connectivity index (χ1) is 12.3. The van der Waals surface area contributed by atoms with Crippen LogP contribution in [0.1, 0.15) is 41.4 Å². The number of carbonyl (C=O) groups is 4. The van der Waals surface area contributed by atoms with Crippen molar-refractivity contribution in [3.05, 3.63) is 34.4 Å². The number of hydrogen-bond acceptors (Lipinski definition) is 6. The second kappa shape index (κ2) is 10.1. The van der Waals surface area contributed by atoms with E-state index in [1.165, 1.54) is 0 Å². The maximum absolute atomic E-state index is 12.3. The van der Waals surface area contributed by atoms with Crippen molar-refractivity contribution in [2.24, 2.45) is 0 Å². The van der Waals surface area contributed by atoms with Crippen molar-refractivity contribution in [2.45, 2.75) is 0 Å². The lowest BCUT2D eigenvalue weighted by molar-refractivity contribution is 0.0687. The maximum atomic E-state index is 12.3. The number of nitrogens with one attached hydrogen (secondary N) is 4. The lowest BCUT2D eigenvalue weighted by Gasteiger charge is -2.13. The maximum Gasteiger partial charge on any atom is 0.336 e. The first-order valence-corrected chi connectivity index (χ1v) is 7.83. The van der Waals surface area contributed by atoms with E-state index in [0.717, 1.165) is 12.1 Å². The molecule has 0 heterocycles. The van der Waals surface area contributed by atoms with Gasteiger partial charge in [0.25, 0.3) is 11.8 Å². The molecule has 1 aromatic rings. The van der Waals surface area contributed by atoms with Crippen LogP contribution in [0.2, 0.25) is 0 Å². The van der Waals surface area contributed by atoms with Gasteiger partial charge in [0.1, 0.15) is 0 Å². The van der Waals surface area contributed by atoms with Crippen LogP contribution in [0.5, 0.6) is 0 Å². The number of likely N-dealkylation sites (N-methyl/N-ethyl adjacent to an activating group) is 2. The van der Waals surface area contributed by atoms with Gasteiger partial charge in [0.2, 0.25) is 0 Å². The Bertz CT molecular complexity index is 649. The molecule has 10 heteroatoms. The first kappa shape index (κ1) is 21.1. The highest BCUT2D eigenvalue weighted by Crippen LogP contribution is 2.18. The second-order valence-corrected chi connectivity index (χ2v) is 5.27. The van der Waals surface area contributed by atoms with Crippen LogP contribution < -0.4 is 21.3 Å². The minimum absolute atomic E-state index is 0.235. The van der Waals surface area contributed by atoms with E-state index in [1.54, 1.807) is 14.1 Å². The molecule has 0 unspecified atom stereocenters. The Hall–Kier alpha value is -2.98. The molecule has 0 spiro atoms.